The van der Waals surface area contributed by atoms with E-state index in [0.717, 1.165) is 50.0 Å². The normalized spacial score (nSPS) is 40.9. The fourth-order valence-corrected chi connectivity index (χ4v) is 7.67. The van der Waals surface area contributed by atoms with Gasteiger partial charge in [0.15, 0.2) is 0 Å². The second kappa shape index (κ2) is 7.39. The number of amides is 2. The molecule has 31 heavy (non-hydrogen) atoms. The zero-order chi connectivity index (χ0) is 21.8. The highest BCUT2D eigenvalue weighted by molar-refractivity contribution is 5.93. The van der Waals surface area contributed by atoms with Gasteiger partial charge in [0.05, 0.1) is 7.11 Å². The quantitative estimate of drug-likeness (QED) is 0.751. The molecule has 2 amide bonds. The van der Waals surface area contributed by atoms with Crippen molar-refractivity contribution in [1.29, 1.82) is 0 Å². The largest absolute Gasteiger partial charge is 0.497 e. The number of nitrogens with one attached hydrogen (secondary N) is 2. The summed E-state index contributed by atoms with van der Waals surface area (Å²) in [7, 11) is 1.65. The molecule has 7 atom stereocenters. The van der Waals surface area contributed by atoms with Gasteiger partial charge in [-0.15, -0.1) is 0 Å². The molecule has 3 fully saturated rings. The van der Waals surface area contributed by atoms with Gasteiger partial charge >= 0.3 is 0 Å². The maximum atomic E-state index is 13.3. The summed E-state index contributed by atoms with van der Waals surface area (Å²) in [5.74, 6) is 2.88. The van der Waals surface area contributed by atoms with Gasteiger partial charge in [-0.25, -0.2) is 0 Å². The van der Waals surface area contributed by atoms with E-state index in [2.05, 4.69) is 30.6 Å². The van der Waals surface area contributed by atoms with E-state index >= 15 is 0 Å². The van der Waals surface area contributed by atoms with Crippen LogP contribution in [0.2, 0.25) is 0 Å². The van der Waals surface area contributed by atoms with Crippen LogP contribution < -0.4 is 15.4 Å². The molecule has 0 unspecified atom stereocenters. The van der Waals surface area contributed by atoms with E-state index in [4.69, 9.17) is 4.74 Å². The number of ether oxygens (including phenoxy) is 1. The highest BCUT2D eigenvalue weighted by atomic mass is 16.5. The molecule has 1 aliphatic heterocycles. The predicted molar refractivity (Wildman–Crippen MR) is 121 cm³/mol. The molecular weight excluding hydrogens is 388 g/mol. The second-order valence-corrected chi connectivity index (χ2v) is 10.6. The SMILES string of the molecule is COc1ccc(NC(=O)[C@H]2CC[C@H]3[C@@H]4CC[C@H]5NC(=O)C=C[C@]5(C)[C@H]4CC[C@]23C)cc1. The summed E-state index contributed by atoms with van der Waals surface area (Å²) in [5.41, 5.74) is 0.937. The molecule has 0 bridgehead atoms. The molecular formula is C26H34N2O3. The number of carbonyl (C=O) groups excluding carboxylic acids is 2. The van der Waals surface area contributed by atoms with E-state index in [9.17, 15) is 9.59 Å². The van der Waals surface area contributed by atoms with Gasteiger partial charge in [-0.3, -0.25) is 9.59 Å². The fraction of sp³-hybridized carbons (Fsp3) is 0.615. The van der Waals surface area contributed by atoms with E-state index in [1.165, 1.54) is 0 Å². The molecule has 5 heteroatoms. The van der Waals surface area contributed by atoms with Crippen LogP contribution in [0, 0.1) is 34.5 Å². The molecule has 1 aromatic rings. The van der Waals surface area contributed by atoms with Crippen molar-refractivity contribution in [2.75, 3.05) is 12.4 Å². The summed E-state index contributed by atoms with van der Waals surface area (Å²) >= 11 is 0. The van der Waals surface area contributed by atoms with Gasteiger partial charge in [-0.1, -0.05) is 19.9 Å². The number of benzene rings is 1. The third-order valence-corrected chi connectivity index (χ3v) is 9.36. The fourth-order valence-electron chi connectivity index (χ4n) is 7.67. The molecule has 5 nitrogen and oxygen atoms in total. The number of hydrogen-bond acceptors (Lipinski definition) is 3. The smallest absolute Gasteiger partial charge is 0.243 e. The van der Waals surface area contributed by atoms with Crippen molar-refractivity contribution in [2.24, 2.45) is 34.5 Å². The van der Waals surface area contributed by atoms with Gasteiger partial charge in [-0.05, 0) is 92.0 Å². The molecule has 0 saturated heterocycles. The minimum Gasteiger partial charge on any atom is -0.497 e. The minimum atomic E-state index is 0.0433. The number of methoxy groups -OCH3 is 1. The lowest BCUT2D eigenvalue weighted by atomic mass is 9.48. The molecule has 4 aliphatic rings. The zero-order valence-corrected chi connectivity index (χ0v) is 18.8. The Kier molecular flexibility index (Phi) is 4.91. The number of fused-ring (bicyclic) bond motifs is 5. The number of hydrogen-bond donors (Lipinski definition) is 2. The van der Waals surface area contributed by atoms with Gasteiger partial charge in [0, 0.05) is 23.1 Å². The van der Waals surface area contributed by atoms with Crippen LogP contribution in [-0.4, -0.2) is 25.0 Å². The average molecular weight is 423 g/mol. The molecule has 2 N–H and O–H groups in total. The van der Waals surface area contributed by atoms with E-state index in [1.807, 2.05) is 24.3 Å². The van der Waals surface area contributed by atoms with E-state index < -0.39 is 0 Å². The lowest BCUT2D eigenvalue weighted by Gasteiger charge is -2.58. The standard InChI is InChI=1S/C26H34N2O3/c1-25-14-12-20-18(8-11-22-26(20,2)15-13-23(29)28-22)19(25)9-10-21(25)24(30)27-16-4-6-17(31-3)7-5-16/h4-7,13,15,18-22H,8-12,14H2,1-3H3,(H,27,30)(H,28,29)/t18-,19-,20-,21+,22+,25-,26+/m0/s1. The minimum absolute atomic E-state index is 0.0433. The van der Waals surface area contributed by atoms with Crippen LogP contribution in [0.3, 0.4) is 0 Å². The Hall–Kier alpha value is -2.30. The third-order valence-electron chi connectivity index (χ3n) is 9.36. The first-order valence-corrected chi connectivity index (χ1v) is 11.8. The Labute approximate surface area is 185 Å². The van der Waals surface area contributed by atoms with Gasteiger partial charge in [-0.2, -0.15) is 0 Å². The van der Waals surface area contributed by atoms with Crippen LogP contribution in [0.15, 0.2) is 36.4 Å². The van der Waals surface area contributed by atoms with Crippen molar-refractivity contribution in [3.63, 3.8) is 0 Å². The Balaban J connectivity index is 1.34. The third kappa shape index (κ3) is 3.19. The van der Waals surface area contributed by atoms with Crippen molar-refractivity contribution < 1.29 is 14.3 Å². The van der Waals surface area contributed by atoms with Crippen molar-refractivity contribution in [2.45, 2.75) is 58.4 Å². The Morgan fingerprint density at radius 1 is 1.06 bits per heavy atom. The van der Waals surface area contributed by atoms with Gasteiger partial charge < -0.3 is 15.4 Å². The van der Waals surface area contributed by atoms with Crippen LogP contribution in [0.1, 0.15) is 52.4 Å². The summed E-state index contributed by atoms with van der Waals surface area (Å²) in [5, 5.41) is 6.39. The van der Waals surface area contributed by atoms with Crippen molar-refractivity contribution in [3.05, 3.63) is 36.4 Å². The Bertz CT molecular complexity index is 910. The highest BCUT2D eigenvalue weighted by Gasteiger charge is 2.60. The summed E-state index contributed by atoms with van der Waals surface area (Å²) < 4.78 is 5.22. The lowest BCUT2D eigenvalue weighted by molar-refractivity contribution is -0.129. The van der Waals surface area contributed by atoms with Crippen LogP contribution in [0.5, 0.6) is 5.75 Å². The molecule has 3 saturated carbocycles. The predicted octanol–water partition coefficient (Wildman–Crippen LogP) is 4.55. The second-order valence-electron chi connectivity index (χ2n) is 10.6. The van der Waals surface area contributed by atoms with Crippen molar-refractivity contribution in [1.82, 2.24) is 5.32 Å². The number of rotatable bonds is 3. The monoisotopic (exact) mass is 422 g/mol. The van der Waals surface area contributed by atoms with Crippen LogP contribution in [-0.2, 0) is 9.59 Å². The summed E-state index contributed by atoms with van der Waals surface area (Å²) in [6, 6.07) is 7.85. The maximum absolute atomic E-state index is 13.3. The average Bonchev–Trinajstić information content (AvgIpc) is 3.12. The zero-order valence-electron chi connectivity index (χ0n) is 18.8. The first kappa shape index (κ1) is 20.6. The maximum Gasteiger partial charge on any atom is 0.243 e. The molecule has 1 aromatic carbocycles. The van der Waals surface area contributed by atoms with Gasteiger partial charge in [0.1, 0.15) is 5.75 Å². The van der Waals surface area contributed by atoms with Crippen molar-refractivity contribution >= 4 is 17.5 Å². The summed E-state index contributed by atoms with van der Waals surface area (Å²) in [6.07, 6.45) is 10.5. The molecule has 0 aromatic heterocycles. The molecule has 3 aliphatic carbocycles. The Morgan fingerprint density at radius 2 is 1.84 bits per heavy atom. The summed E-state index contributed by atoms with van der Waals surface area (Å²) in [6.45, 7) is 4.71. The topological polar surface area (TPSA) is 67.4 Å². The molecule has 0 spiro atoms. The van der Waals surface area contributed by atoms with E-state index in [1.54, 1.807) is 13.2 Å². The summed E-state index contributed by atoms with van der Waals surface area (Å²) in [4.78, 5) is 25.2. The van der Waals surface area contributed by atoms with E-state index in [-0.39, 0.29) is 34.6 Å². The van der Waals surface area contributed by atoms with Gasteiger partial charge in [0.2, 0.25) is 11.8 Å². The molecule has 1 heterocycles. The first-order valence-electron chi connectivity index (χ1n) is 11.8. The van der Waals surface area contributed by atoms with Crippen LogP contribution in [0.4, 0.5) is 5.69 Å². The molecule has 5 rings (SSSR count). The lowest BCUT2D eigenvalue weighted by Crippen LogP contribution is -2.59. The van der Waals surface area contributed by atoms with Crippen LogP contribution >= 0.6 is 0 Å². The number of anilines is 1. The molecule has 0 radical (unpaired) electrons. The first-order chi connectivity index (χ1) is 14.8. The highest BCUT2D eigenvalue weighted by Crippen LogP contribution is 2.65. The van der Waals surface area contributed by atoms with Crippen molar-refractivity contribution in [3.8, 4) is 5.75 Å². The van der Waals surface area contributed by atoms with Crippen LogP contribution in [0.25, 0.3) is 0 Å². The van der Waals surface area contributed by atoms with E-state index in [0.29, 0.717) is 17.8 Å². The molecule has 166 valence electrons. The van der Waals surface area contributed by atoms with Gasteiger partial charge in [0.25, 0.3) is 0 Å². The Morgan fingerprint density at radius 3 is 2.58 bits per heavy atom. The number of carbonyl (C=O) groups is 2.